The predicted octanol–water partition coefficient (Wildman–Crippen LogP) is 4.85. The van der Waals surface area contributed by atoms with Crippen LogP contribution >= 0.6 is 0 Å². The Labute approximate surface area is 152 Å². The molecular weight excluding hydrogens is 338 g/mol. The molecule has 0 atom stereocenters. The standard InChI is InChI=1S/C20H24F2N2O2/c1-5-14-9-10-18(13(2)11-14)26-12-16-15(19(21)22)7-6-8-17(16)24(4)20(25)23-3/h6-11,19H,5,12H2,1-4H3,(H,23,25). The van der Waals surface area contributed by atoms with Crippen LogP contribution in [0.3, 0.4) is 0 Å². The molecule has 0 saturated heterocycles. The maximum absolute atomic E-state index is 13.5. The summed E-state index contributed by atoms with van der Waals surface area (Å²) in [5.41, 5.74) is 2.68. The molecule has 1 N–H and O–H groups in total. The maximum Gasteiger partial charge on any atom is 0.321 e. The smallest absolute Gasteiger partial charge is 0.321 e. The number of urea groups is 1. The lowest BCUT2D eigenvalue weighted by Gasteiger charge is -2.23. The molecular formula is C20H24F2N2O2. The Morgan fingerprint density at radius 2 is 2.00 bits per heavy atom. The average Bonchev–Trinajstić information content (AvgIpc) is 2.65. The number of carbonyl (C=O) groups is 1. The van der Waals surface area contributed by atoms with Crippen LogP contribution < -0.4 is 15.0 Å². The van der Waals surface area contributed by atoms with E-state index in [1.54, 1.807) is 6.07 Å². The Morgan fingerprint density at radius 3 is 2.58 bits per heavy atom. The van der Waals surface area contributed by atoms with Crippen LogP contribution in [0.5, 0.6) is 5.75 Å². The zero-order chi connectivity index (χ0) is 19.3. The highest BCUT2D eigenvalue weighted by atomic mass is 19.3. The van der Waals surface area contributed by atoms with Gasteiger partial charge in [-0.25, -0.2) is 13.6 Å². The molecule has 2 aromatic carbocycles. The Bertz CT molecular complexity index is 778. The van der Waals surface area contributed by atoms with E-state index in [2.05, 4.69) is 12.2 Å². The summed E-state index contributed by atoms with van der Waals surface area (Å²) in [6.07, 6.45) is -1.74. The van der Waals surface area contributed by atoms with Crippen LogP contribution in [-0.2, 0) is 13.0 Å². The number of anilines is 1. The highest BCUT2D eigenvalue weighted by molar-refractivity contribution is 5.92. The van der Waals surface area contributed by atoms with E-state index in [9.17, 15) is 13.6 Å². The monoisotopic (exact) mass is 362 g/mol. The van der Waals surface area contributed by atoms with Gasteiger partial charge in [-0.05, 0) is 36.6 Å². The van der Waals surface area contributed by atoms with Gasteiger partial charge in [0.25, 0.3) is 6.43 Å². The van der Waals surface area contributed by atoms with Crippen molar-refractivity contribution < 1.29 is 18.3 Å². The fraction of sp³-hybridized carbons (Fsp3) is 0.350. The molecule has 0 spiro atoms. The summed E-state index contributed by atoms with van der Waals surface area (Å²) < 4.78 is 32.8. The highest BCUT2D eigenvalue weighted by Gasteiger charge is 2.21. The molecule has 0 fully saturated rings. The Morgan fingerprint density at radius 1 is 1.27 bits per heavy atom. The Kier molecular flexibility index (Phi) is 6.55. The van der Waals surface area contributed by atoms with Crippen molar-refractivity contribution in [2.75, 3.05) is 19.0 Å². The second kappa shape index (κ2) is 8.65. The molecule has 0 aliphatic carbocycles. The minimum atomic E-state index is -2.66. The molecule has 0 aliphatic heterocycles. The van der Waals surface area contributed by atoms with Crippen LogP contribution in [0.15, 0.2) is 36.4 Å². The van der Waals surface area contributed by atoms with E-state index in [0.717, 1.165) is 12.0 Å². The van der Waals surface area contributed by atoms with Gasteiger partial charge < -0.3 is 10.1 Å². The van der Waals surface area contributed by atoms with Gasteiger partial charge in [-0.1, -0.05) is 31.2 Å². The molecule has 0 heterocycles. The van der Waals surface area contributed by atoms with Gasteiger partial charge >= 0.3 is 6.03 Å². The van der Waals surface area contributed by atoms with Gasteiger partial charge in [-0.2, -0.15) is 0 Å². The number of aryl methyl sites for hydroxylation is 2. The lowest BCUT2D eigenvalue weighted by Crippen LogP contribution is -2.35. The number of amides is 2. The van der Waals surface area contributed by atoms with Crippen LogP contribution in [0, 0.1) is 6.92 Å². The van der Waals surface area contributed by atoms with Crippen LogP contribution in [-0.4, -0.2) is 20.1 Å². The number of hydrogen-bond donors (Lipinski definition) is 1. The van der Waals surface area contributed by atoms with Gasteiger partial charge in [0.05, 0.1) is 5.69 Å². The number of nitrogens with one attached hydrogen (secondary N) is 1. The second-order valence-corrected chi connectivity index (χ2v) is 6.00. The molecule has 0 bridgehead atoms. The first-order valence-corrected chi connectivity index (χ1v) is 8.46. The molecule has 4 nitrogen and oxygen atoms in total. The maximum atomic E-state index is 13.5. The number of carbonyl (C=O) groups excluding carboxylic acids is 1. The highest BCUT2D eigenvalue weighted by Crippen LogP contribution is 2.32. The molecule has 6 heteroatoms. The van der Waals surface area contributed by atoms with Crippen LogP contribution in [0.1, 0.15) is 35.6 Å². The second-order valence-electron chi connectivity index (χ2n) is 6.00. The number of hydrogen-bond acceptors (Lipinski definition) is 2. The zero-order valence-corrected chi connectivity index (χ0v) is 15.5. The summed E-state index contributed by atoms with van der Waals surface area (Å²) in [5.74, 6) is 0.639. The van der Waals surface area contributed by atoms with Crippen molar-refractivity contribution in [3.8, 4) is 5.75 Å². The summed E-state index contributed by atoms with van der Waals surface area (Å²) in [4.78, 5) is 13.2. The number of ether oxygens (including phenoxy) is 1. The van der Waals surface area contributed by atoms with E-state index >= 15 is 0 Å². The molecule has 26 heavy (non-hydrogen) atoms. The third kappa shape index (κ3) is 4.31. The summed E-state index contributed by atoms with van der Waals surface area (Å²) >= 11 is 0. The first kappa shape index (κ1) is 19.7. The third-order valence-electron chi connectivity index (χ3n) is 4.32. The van der Waals surface area contributed by atoms with Crippen LogP contribution in [0.25, 0.3) is 0 Å². The predicted molar refractivity (Wildman–Crippen MR) is 99.1 cm³/mol. The topological polar surface area (TPSA) is 41.6 Å². The number of halogens is 2. The summed E-state index contributed by atoms with van der Waals surface area (Å²) in [6, 6.07) is 9.94. The SMILES string of the molecule is CCc1ccc(OCc2c(C(F)F)cccc2N(C)C(=O)NC)c(C)c1. The van der Waals surface area contributed by atoms with Crippen LogP contribution in [0.4, 0.5) is 19.3 Å². The van der Waals surface area contributed by atoms with Gasteiger partial charge in [0.1, 0.15) is 12.4 Å². The average molecular weight is 362 g/mol. The number of alkyl halides is 2. The number of rotatable bonds is 6. The van der Waals surface area contributed by atoms with Crippen molar-refractivity contribution in [1.82, 2.24) is 5.32 Å². The van der Waals surface area contributed by atoms with Crippen molar-refractivity contribution >= 4 is 11.7 Å². The Balaban J connectivity index is 2.36. The molecule has 2 aromatic rings. The van der Waals surface area contributed by atoms with E-state index in [-0.39, 0.29) is 18.2 Å². The first-order chi connectivity index (χ1) is 12.4. The summed E-state index contributed by atoms with van der Waals surface area (Å²) in [7, 11) is 3.03. The molecule has 0 aromatic heterocycles. The minimum Gasteiger partial charge on any atom is -0.489 e. The van der Waals surface area contributed by atoms with E-state index in [1.807, 2.05) is 25.1 Å². The van der Waals surface area contributed by atoms with Gasteiger partial charge in [0.2, 0.25) is 0 Å². The number of nitrogens with zero attached hydrogens (tertiary/aromatic N) is 1. The fourth-order valence-corrected chi connectivity index (χ4v) is 2.79. The molecule has 2 amide bonds. The molecule has 0 aliphatic rings. The molecule has 2 rings (SSSR count). The molecule has 0 saturated carbocycles. The van der Waals surface area contributed by atoms with Gasteiger partial charge in [-0.3, -0.25) is 4.90 Å². The van der Waals surface area contributed by atoms with Crippen molar-refractivity contribution in [3.63, 3.8) is 0 Å². The number of benzene rings is 2. The normalized spacial score (nSPS) is 10.7. The van der Waals surface area contributed by atoms with Gasteiger partial charge in [0, 0.05) is 25.2 Å². The lowest BCUT2D eigenvalue weighted by atomic mass is 10.1. The van der Waals surface area contributed by atoms with Crippen LogP contribution in [0.2, 0.25) is 0 Å². The quantitative estimate of drug-likeness (QED) is 0.798. The lowest BCUT2D eigenvalue weighted by molar-refractivity contribution is 0.148. The van der Waals surface area contributed by atoms with E-state index < -0.39 is 6.43 Å². The Hall–Kier alpha value is -2.63. The molecule has 0 radical (unpaired) electrons. The first-order valence-electron chi connectivity index (χ1n) is 8.46. The van der Waals surface area contributed by atoms with E-state index in [4.69, 9.17) is 4.74 Å². The van der Waals surface area contributed by atoms with Crippen molar-refractivity contribution in [3.05, 3.63) is 58.7 Å². The van der Waals surface area contributed by atoms with E-state index in [0.29, 0.717) is 17.0 Å². The van der Waals surface area contributed by atoms with Gasteiger partial charge in [0.15, 0.2) is 0 Å². The largest absolute Gasteiger partial charge is 0.489 e. The summed E-state index contributed by atoms with van der Waals surface area (Å²) in [6.45, 7) is 3.93. The van der Waals surface area contributed by atoms with Crippen molar-refractivity contribution in [2.24, 2.45) is 0 Å². The fourth-order valence-electron chi connectivity index (χ4n) is 2.79. The third-order valence-corrected chi connectivity index (χ3v) is 4.32. The van der Waals surface area contributed by atoms with Crippen molar-refractivity contribution in [2.45, 2.75) is 33.3 Å². The molecule has 0 unspecified atom stereocenters. The molecule has 140 valence electrons. The zero-order valence-electron chi connectivity index (χ0n) is 15.5. The van der Waals surface area contributed by atoms with Crippen molar-refractivity contribution in [1.29, 1.82) is 0 Å². The van der Waals surface area contributed by atoms with E-state index in [1.165, 1.54) is 36.7 Å². The van der Waals surface area contributed by atoms with Gasteiger partial charge in [-0.15, -0.1) is 0 Å². The summed E-state index contributed by atoms with van der Waals surface area (Å²) in [5, 5.41) is 2.49. The minimum absolute atomic E-state index is 0.0521.